The van der Waals surface area contributed by atoms with E-state index < -0.39 is 0 Å². The minimum Gasteiger partial charge on any atom is -0.454 e. The molecular formula is C16H15FINO. The third-order valence-corrected chi connectivity index (χ3v) is 3.96. The summed E-state index contributed by atoms with van der Waals surface area (Å²) in [5, 5.41) is 3.39. The summed E-state index contributed by atoms with van der Waals surface area (Å²) in [7, 11) is 0. The maximum absolute atomic E-state index is 14.0. The Morgan fingerprint density at radius 2 is 1.90 bits per heavy atom. The van der Waals surface area contributed by atoms with E-state index in [0.29, 0.717) is 24.1 Å². The largest absolute Gasteiger partial charge is 0.454 e. The lowest BCUT2D eigenvalue weighted by molar-refractivity contribution is 0.433. The summed E-state index contributed by atoms with van der Waals surface area (Å²) in [5.74, 6) is 0.656. The van der Waals surface area contributed by atoms with Crippen LogP contribution in [0.5, 0.6) is 11.5 Å². The lowest BCUT2D eigenvalue weighted by Gasteiger charge is -2.12. The highest BCUT2D eigenvalue weighted by atomic mass is 127. The predicted octanol–water partition coefficient (Wildman–Crippen LogP) is 4.47. The van der Waals surface area contributed by atoms with Gasteiger partial charge < -0.3 is 10.1 Å². The van der Waals surface area contributed by atoms with Gasteiger partial charge in [-0.05, 0) is 65.8 Å². The van der Waals surface area contributed by atoms with Crippen molar-refractivity contribution in [2.45, 2.75) is 25.4 Å². The Labute approximate surface area is 131 Å². The molecule has 0 radical (unpaired) electrons. The molecule has 1 aliphatic carbocycles. The number of para-hydroxylation sites is 1. The molecule has 0 spiro atoms. The van der Waals surface area contributed by atoms with Crippen molar-refractivity contribution >= 4 is 22.6 Å². The smallest absolute Gasteiger partial charge is 0.167 e. The third kappa shape index (κ3) is 3.49. The summed E-state index contributed by atoms with van der Waals surface area (Å²) in [6.45, 7) is 0.641. The highest BCUT2D eigenvalue weighted by Crippen LogP contribution is 2.29. The summed E-state index contributed by atoms with van der Waals surface area (Å²) in [6, 6.07) is 13.2. The van der Waals surface area contributed by atoms with Gasteiger partial charge in [0.05, 0.1) is 0 Å². The van der Waals surface area contributed by atoms with E-state index in [1.54, 1.807) is 6.07 Å². The zero-order chi connectivity index (χ0) is 13.9. The zero-order valence-electron chi connectivity index (χ0n) is 10.9. The van der Waals surface area contributed by atoms with Crippen LogP contribution in [-0.4, -0.2) is 6.04 Å². The van der Waals surface area contributed by atoms with Crippen molar-refractivity contribution in [3.63, 3.8) is 0 Å². The first-order chi connectivity index (χ1) is 9.72. The SMILES string of the molecule is Fc1cccc(CNC2CC2)c1Oc1ccc(I)cc1. The molecule has 0 saturated heterocycles. The molecule has 2 aromatic carbocycles. The van der Waals surface area contributed by atoms with Gasteiger partial charge in [0.1, 0.15) is 5.75 Å². The Morgan fingerprint density at radius 3 is 2.60 bits per heavy atom. The molecule has 1 N–H and O–H groups in total. The maximum atomic E-state index is 14.0. The Hall–Kier alpha value is -1.14. The van der Waals surface area contributed by atoms with Crippen LogP contribution in [0.1, 0.15) is 18.4 Å². The van der Waals surface area contributed by atoms with Crippen LogP contribution in [-0.2, 0) is 6.54 Å². The molecule has 104 valence electrons. The van der Waals surface area contributed by atoms with Crippen LogP contribution < -0.4 is 10.1 Å². The Balaban J connectivity index is 1.80. The fourth-order valence-corrected chi connectivity index (χ4v) is 2.33. The molecule has 0 unspecified atom stereocenters. The number of nitrogens with one attached hydrogen (secondary N) is 1. The van der Waals surface area contributed by atoms with Crippen molar-refractivity contribution < 1.29 is 9.13 Å². The molecule has 1 aliphatic rings. The molecule has 2 nitrogen and oxygen atoms in total. The lowest BCUT2D eigenvalue weighted by atomic mass is 10.2. The zero-order valence-corrected chi connectivity index (χ0v) is 13.1. The molecule has 0 aromatic heterocycles. The van der Waals surface area contributed by atoms with Gasteiger partial charge in [0.15, 0.2) is 11.6 Å². The number of ether oxygens (including phenoxy) is 1. The van der Waals surface area contributed by atoms with Gasteiger partial charge in [-0.3, -0.25) is 0 Å². The van der Waals surface area contributed by atoms with Crippen molar-refractivity contribution in [1.82, 2.24) is 5.32 Å². The van der Waals surface area contributed by atoms with Crippen molar-refractivity contribution in [3.8, 4) is 11.5 Å². The van der Waals surface area contributed by atoms with Gasteiger partial charge in [0, 0.05) is 21.7 Å². The summed E-state index contributed by atoms with van der Waals surface area (Å²) in [4.78, 5) is 0. The van der Waals surface area contributed by atoms with E-state index in [1.165, 1.54) is 18.9 Å². The van der Waals surface area contributed by atoms with Gasteiger partial charge in [-0.1, -0.05) is 12.1 Å². The number of halogens is 2. The molecule has 4 heteroatoms. The minimum atomic E-state index is -0.321. The summed E-state index contributed by atoms with van der Waals surface area (Å²) >= 11 is 2.23. The molecular weight excluding hydrogens is 368 g/mol. The standard InChI is InChI=1S/C16H15FINO/c17-15-3-1-2-11(10-19-13-6-7-13)16(15)20-14-8-4-12(18)5-9-14/h1-5,8-9,13,19H,6-7,10H2. The van der Waals surface area contributed by atoms with Gasteiger partial charge in [-0.15, -0.1) is 0 Å². The fourth-order valence-electron chi connectivity index (χ4n) is 1.97. The van der Waals surface area contributed by atoms with Crippen LogP contribution in [0.4, 0.5) is 4.39 Å². The Kier molecular flexibility index (Phi) is 4.21. The molecule has 1 fully saturated rings. The highest BCUT2D eigenvalue weighted by Gasteiger charge is 2.21. The predicted molar refractivity (Wildman–Crippen MR) is 85.5 cm³/mol. The third-order valence-electron chi connectivity index (χ3n) is 3.24. The summed E-state index contributed by atoms with van der Waals surface area (Å²) in [5.41, 5.74) is 0.857. The van der Waals surface area contributed by atoms with E-state index in [-0.39, 0.29) is 5.82 Å². The van der Waals surface area contributed by atoms with Crippen molar-refractivity contribution in [3.05, 3.63) is 57.4 Å². The van der Waals surface area contributed by atoms with Gasteiger partial charge in [-0.25, -0.2) is 4.39 Å². The monoisotopic (exact) mass is 383 g/mol. The first-order valence-corrected chi connectivity index (χ1v) is 7.74. The van der Waals surface area contributed by atoms with Gasteiger partial charge in [-0.2, -0.15) is 0 Å². The van der Waals surface area contributed by atoms with Gasteiger partial charge in [0.25, 0.3) is 0 Å². The molecule has 1 saturated carbocycles. The fraction of sp³-hybridized carbons (Fsp3) is 0.250. The normalized spacial score (nSPS) is 14.3. The van der Waals surface area contributed by atoms with Crippen LogP contribution in [0.25, 0.3) is 0 Å². The van der Waals surface area contributed by atoms with Gasteiger partial charge in [0.2, 0.25) is 0 Å². The average Bonchev–Trinajstić information content (AvgIpc) is 3.26. The minimum absolute atomic E-state index is 0.321. The van der Waals surface area contributed by atoms with Crippen LogP contribution in [0.3, 0.4) is 0 Å². The van der Waals surface area contributed by atoms with Crippen LogP contribution in [0, 0.1) is 9.39 Å². The first-order valence-electron chi connectivity index (χ1n) is 6.66. The van der Waals surface area contributed by atoms with E-state index in [1.807, 2.05) is 30.3 Å². The second-order valence-corrected chi connectivity index (χ2v) is 6.18. The Bertz CT molecular complexity index is 596. The summed E-state index contributed by atoms with van der Waals surface area (Å²) < 4.78 is 20.9. The molecule has 0 heterocycles. The number of rotatable bonds is 5. The highest BCUT2D eigenvalue weighted by molar-refractivity contribution is 14.1. The number of benzene rings is 2. The second-order valence-electron chi connectivity index (χ2n) is 4.94. The molecule has 0 aliphatic heterocycles. The van der Waals surface area contributed by atoms with Crippen molar-refractivity contribution in [2.75, 3.05) is 0 Å². The second kappa shape index (κ2) is 6.10. The first kappa shape index (κ1) is 13.8. The van der Waals surface area contributed by atoms with E-state index in [9.17, 15) is 4.39 Å². The van der Waals surface area contributed by atoms with Gasteiger partial charge >= 0.3 is 0 Å². The molecule has 20 heavy (non-hydrogen) atoms. The molecule has 2 aromatic rings. The molecule has 0 bridgehead atoms. The molecule has 3 rings (SSSR count). The van der Waals surface area contributed by atoms with E-state index in [0.717, 1.165) is 9.13 Å². The Morgan fingerprint density at radius 1 is 1.15 bits per heavy atom. The van der Waals surface area contributed by atoms with Crippen LogP contribution >= 0.6 is 22.6 Å². The average molecular weight is 383 g/mol. The molecule has 0 amide bonds. The van der Waals surface area contributed by atoms with E-state index in [2.05, 4.69) is 27.9 Å². The van der Waals surface area contributed by atoms with Crippen LogP contribution in [0.2, 0.25) is 0 Å². The summed E-state index contributed by atoms with van der Waals surface area (Å²) in [6.07, 6.45) is 2.42. The topological polar surface area (TPSA) is 21.3 Å². The maximum Gasteiger partial charge on any atom is 0.167 e. The van der Waals surface area contributed by atoms with Crippen LogP contribution in [0.15, 0.2) is 42.5 Å². The number of hydrogen-bond acceptors (Lipinski definition) is 2. The molecule has 0 atom stereocenters. The quantitative estimate of drug-likeness (QED) is 0.770. The van der Waals surface area contributed by atoms with Crippen molar-refractivity contribution in [1.29, 1.82) is 0 Å². The number of hydrogen-bond donors (Lipinski definition) is 1. The van der Waals surface area contributed by atoms with E-state index in [4.69, 9.17) is 4.74 Å². The van der Waals surface area contributed by atoms with Crippen molar-refractivity contribution in [2.24, 2.45) is 0 Å². The lowest BCUT2D eigenvalue weighted by Crippen LogP contribution is -2.16. The van der Waals surface area contributed by atoms with E-state index >= 15 is 0 Å².